The molecule has 504 valence electrons. The Labute approximate surface area is 525 Å². The van der Waals surface area contributed by atoms with Crippen molar-refractivity contribution in [3.05, 3.63) is 0 Å². The number of alkyl carbamates (subject to hydrolysis) is 1. The maximum atomic E-state index is 11.9. The molecule has 0 aromatic rings. The Balaban J connectivity index is 0.000000141. The molecule has 24 unspecified atom stereocenters. The van der Waals surface area contributed by atoms with Gasteiger partial charge < -0.3 is 39.1 Å². The molecule has 27 nitrogen and oxygen atoms in total. The highest BCUT2D eigenvalue weighted by molar-refractivity contribution is 8.14. The molecule has 0 spiro atoms. The fourth-order valence-corrected chi connectivity index (χ4v) is 23.3. The molecule has 89 heavy (non-hydrogen) atoms. The molecule has 2 N–H and O–H groups in total. The first-order chi connectivity index (χ1) is 41.9. The maximum absolute atomic E-state index is 11.9. The Bertz CT molecular complexity index is 3030. The van der Waals surface area contributed by atoms with Gasteiger partial charge in [0.1, 0.15) is 62.5 Å². The first-order valence-electron chi connectivity index (χ1n) is 31.3. The van der Waals surface area contributed by atoms with E-state index in [4.69, 9.17) is 45.2 Å². The van der Waals surface area contributed by atoms with E-state index in [1.807, 2.05) is 41.5 Å². The maximum Gasteiger partial charge on any atom is 0.407 e. The molecule has 8 bridgehead atoms. The lowest BCUT2D eigenvalue weighted by Crippen LogP contribution is -2.40. The molecule has 12 rings (SSSR count). The zero-order valence-corrected chi connectivity index (χ0v) is 55.4. The van der Waals surface area contributed by atoms with Crippen molar-refractivity contribution in [2.75, 3.05) is 38.7 Å². The molecule has 0 aromatic heterocycles. The van der Waals surface area contributed by atoms with Crippen LogP contribution in [0.4, 0.5) is 4.79 Å². The van der Waals surface area contributed by atoms with Crippen molar-refractivity contribution in [2.45, 2.75) is 202 Å². The van der Waals surface area contributed by atoms with Crippen LogP contribution in [-0.4, -0.2) is 183 Å². The van der Waals surface area contributed by atoms with E-state index in [2.05, 4.69) is 10.6 Å². The van der Waals surface area contributed by atoms with Crippen LogP contribution in [0.3, 0.4) is 0 Å². The number of rotatable bonds is 22. The number of amides is 2. The second-order valence-corrected chi connectivity index (χ2v) is 34.0. The molecule has 4 aliphatic heterocycles. The highest BCUT2D eigenvalue weighted by Gasteiger charge is 2.68. The van der Waals surface area contributed by atoms with E-state index in [-0.39, 0.29) is 143 Å². The van der Waals surface area contributed by atoms with Gasteiger partial charge in [0.25, 0.3) is 40.5 Å². The van der Waals surface area contributed by atoms with Crippen molar-refractivity contribution in [3.63, 3.8) is 0 Å². The van der Waals surface area contributed by atoms with E-state index < -0.39 is 111 Å². The van der Waals surface area contributed by atoms with E-state index in [1.54, 1.807) is 13.8 Å². The summed E-state index contributed by atoms with van der Waals surface area (Å²) in [7, 11) is -13.9. The van der Waals surface area contributed by atoms with Gasteiger partial charge in [-0.2, -0.15) is 33.7 Å². The third-order valence-electron chi connectivity index (χ3n) is 20.5. The second-order valence-electron chi connectivity index (χ2n) is 25.9. The van der Waals surface area contributed by atoms with Gasteiger partial charge in [0, 0.05) is 53.3 Å². The van der Waals surface area contributed by atoms with Gasteiger partial charge in [0.2, 0.25) is 5.91 Å². The largest absolute Gasteiger partial charge is 0.464 e. The van der Waals surface area contributed by atoms with Crippen molar-refractivity contribution < 1.29 is 112 Å². The van der Waals surface area contributed by atoms with Gasteiger partial charge >= 0.3 is 30.0 Å². The summed E-state index contributed by atoms with van der Waals surface area (Å²) < 4.78 is 147. The lowest BCUT2D eigenvalue weighted by molar-refractivity contribution is -0.155. The smallest absolute Gasteiger partial charge is 0.407 e. The van der Waals surface area contributed by atoms with Crippen molar-refractivity contribution in [2.24, 2.45) is 71.0 Å². The highest BCUT2D eigenvalue weighted by atomic mass is 32.2. The van der Waals surface area contributed by atoms with Crippen LogP contribution in [0.5, 0.6) is 0 Å². The van der Waals surface area contributed by atoms with Crippen LogP contribution in [0.25, 0.3) is 0 Å². The summed E-state index contributed by atoms with van der Waals surface area (Å²) in [6.07, 6.45) is 3.83. The fourth-order valence-electron chi connectivity index (χ4n) is 15.0. The molecule has 0 aromatic carbocycles. The molecule has 32 heteroatoms. The zero-order valence-electron chi connectivity index (χ0n) is 51.3. The molecule has 12 fully saturated rings. The number of hydrogen-bond acceptors (Lipinski definition) is 26. The number of esters is 4. The second kappa shape index (κ2) is 28.1. The molecule has 2 amide bonds. The minimum absolute atomic E-state index is 0.0212. The number of ether oxygens (including phenoxy) is 6. The monoisotopic (exact) mass is 1360 g/mol. The minimum Gasteiger partial charge on any atom is -0.464 e. The lowest BCUT2D eigenvalue weighted by Gasteiger charge is -2.25. The summed E-state index contributed by atoms with van der Waals surface area (Å²) in [6.45, 7) is 15.4. The topological polar surface area (TPSA) is 372 Å². The summed E-state index contributed by atoms with van der Waals surface area (Å²) in [5.74, 6) is -1.89. The third kappa shape index (κ3) is 14.8. The molecule has 4 heterocycles. The van der Waals surface area contributed by atoms with Crippen LogP contribution in [-0.2, 0) is 114 Å². The van der Waals surface area contributed by atoms with Crippen molar-refractivity contribution in [1.29, 1.82) is 0 Å². The van der Waals surface area contributed by atoms with Gasteiger partial charge in [0.15, 0.2) is 5.12 Å². The molecule has 8 aliphatic carbocycles. The molecule has 24 atom stereocenters. The molecule has 4 saturated heterocycles. The van der Waals surface area contributed by atoms with E-state index in [0.717, 1.165) is 50.3 Å². The molecule has 0 radical (unpaired) electrons. The number of hydrogen-bond donors (Lipinski definition) is 2. The van der Waals surface area contributed by atoms with E-state index in [9.17, 15) is 67.2 Å². The van der Waals surface area contributed by atoms with E-state index in [0.29, 0.717) is 45.1 Å². The number of fused-ring (bicyclic) bond motifs is 4. The Hall–Kier alpha value is -3.76. The molecule has 12 aliphatic rings. The van der Waals surface area contributed by atoms with Crippen LogP contribution in [0.2, 0.25) is 0 Å². The third-order valence-corrected chi connectivity index (χ3v) is 28.7. The van der Waals surface area contributed by atoms with E-state index in [1.165, 1.54) is 0 Å². The van der Waals surface area contributed by atoms with Gasteiger partial charge in [0.05, 0.1) is 57.8 Å². The Kier molecular flexibility index (Phi) is 21.9. The van der Waals surface area contributed by atoms with Gasteiger partial charge in [-0.3, -0.25) is 45.5 Å². The van der Waals surface area contributed by atoms with Crippen LogP contribution < -0.4 is 10.6 Å². The summed E-state index contributed by atoms with van der Waals surface area (Å²) in [4.78, 5) is 82.0. The van der Waals surface area contributed by atoms with Crippen LogP contribution in [0, 0.1) is 71.0 Å². The predicted octanol–water partition coefficient (Wildman–Crippen LogP) is 3.44. The Morgan fingerprint density at radius 3 is 1.24 bits per heavy atom. The van der Waals surface area contributed by atoms with E-state index >= 15 is 0 Å². The number of thioether (sulfide) groups is 1. The average Bonchev–Trinajstić information content (AvgIpc) is 1.60. The van der Waals surface area contributed by atoms with Crippen molar-refractivity contribution in [1.82, 2.24) is 10.6 Å². The SMILES string of the molecule is CCC(C)C(=O)NCC(=O)OC1C2CC3C1OS(=O)(=O)C3C2.CCC(C)C(=O)OCCNC(=O)OC1C2CC3C1OS(=O)(=O)C3C2.CCC(C)C(=O)OCCOC1C2CC3C1OS(=O)(=O)C3C2.CCC(C)C(=O)SCC(=O)OC1C2CC3C1OS(=O)(=O)C3C2. The fraction of sp³-hybridized carbons (Fsp3) is 0.877. The van der Waals surface area contributed by atoms with Crippen LogP contribution >= 0.6 is 11.8 Å². The number of carbonyl (C=O) groups excluding carboxylic acids is 7. The standard InChI is InChI=1S/C15H23NO7S.C14H21NO6S.C14H20O6S2.C14H22O6S/c1-3-8(2)14(17)21-5-4-16-15(18)22-12-9-6-10-11(7-9)24(19,20)23-13(10)12;1-3-7(2)14(17)15-6-11(16)20-12-8-4-9-10(5-8)22(18,19)21-13(9)12;1-3-7(2)14(16)21-6-11(15)19-12-8-4-9-10(5-8)22(17,18)20-13(9)12;1-3-8(2)14(15)19-5-4-18-12-9-6-10-11(7-9)21(16,17)20-13(10)12/h8-13H,3-7H2,1-2H3,(H,16,18);7-10,12-13H,3-6H2,1-2H3,(H,15,17);7-10,12-13H,3-6H2,1-2H3;8-13H,3-7H2,1-2H3. The lowest BCUT2D eigenvalue weighted by atomic mass is 9.94. The summed E-state index contributed by atoms with van der Waals surface area (Å²) in [6, 6.07) is 0. The van der Waals surface area contributed by atoms with Gasteiger partial charge in [-0.1, -0.05) is 67.2 Å². The van der Waals surface area contributed by atoms with Crippen LogP contribution in [0.15, 0.2) is 0 Å². The average molecular weight is 1360 g/mol. The normalized spacial score (nSPS) is 38.5. The Morgan fingerprint density at radius 1 is 0.449 bits per heavy atom. The van der Waals surface area contributed by atoms with Crippen molar-refractivity contribution in [3.8, 4) is 0 Å². The highest BCUT2D eigenvalue weighted by Crippen LogP contribution is 2.58. The summed E-state index contributed by atoms with van der Waals surface area (Å²) >= 11 is 0.967. The first-order valence-corrected chi connectivity index (χ1v) is 38.2. The zero-order chi connectivity index (χ0) is 64.8. The van der Waals surface area contributed by atoms with Gasteiger partial charge in [-0.15, -0.1) is 0 Å². The number of carbonyl (C=O) groups is 7. The Morgan fingerprint density at radius 2 is 0.820 bits per heavy atom. The van der Waals surface area contributed by atoms with Gasteiger partial charge in [-0.05, 0) is 83.0 Å². The summed E-state index contributed by atoms with van der Waals surface area (Å²) in [5.41, 5.74) is 0. The molecular formula is C57H86N2O25S5. The molecule has 8 saturated carbocycles. The minimum atomic E-state index is -3.51. The van der Waals surface area contributed by atoms with Gasteiger partial charge in [-0.25, -0.2) is 4.79 Å². The predicted molar refractivity (Wildman–Crippen MR) is 313 cm³/mol. The van der Waals surface area contributed by atoms with Crippen molar-refractivity contribution >= 4 is 93.2 Å². The molecular weight excluding hydrogens is 1270 g/mol. The number of nitrogens with one attached hydrogen (secondary N) is 2. The quantitative estimate of drug-likeness (QED) is 0.0678. The summed E-state index contributed by atoms with van der Waals surface area (Å²) in [5, 5.41) is 3.43. The first kappa shape index (κ1) is 69.6. The van der Waals surface area contributed by atoms with Crippen LogP contribution in [0.1, 0.15) is 132 Å².